The Morgan fingerprint density at radius 3 is 2.69 bits per heavy atom. The van der Waals surface area contributed by atoms with Gasteiger partial charge in [0.2, 0.25) is 0 Å². The summed E-state index contributed by atoms with van der Waals surface area (Å²) in [5.74, 6) is 0.642. The molecule has 1 rings (SSSR count). The highest BCUT2D eigenvalue weighted by atomic mass is 14.9. The Morgan fingerprint density at radius 2 is 2.08 bits per heavy atom. The third-order valence-electron chi connectivity index (χ3n) is 2.19. The van der Waals surface area contributed by atoms with Crippen molar-refractivity contribution in [3.63, 3.8) is 0 Å². The van der Waals surface area contributed by atoms with Crippen LogP contribution in [0.3, 0.4) is 0 Å². The summed E-state index contributed by atoms with van der Waals surface area (Å²) in [5, 5.41) is 0. The average Bonchev–Trinajstić information content (AvgIpc) is 2.15. The van der Waals surface area contributed by atoms with E-state index in [9.17, 15) is 0 Å². The third kappa shape index (κ3) is 2.41. The van der Waals surface area contributed by atoms with Gasteiger partial charge in [0.15, 0.2) is 0 Å². The van der Waals surface area contributed by atoms with Crippen molar-refractivity contribution >= 4 is 5.82 Å². The van der Waals surface area contributed by atoms with E-state index in [4.69, 9.17) is 5.73 Å². The number of unbranched alkanes of at least 4 members (excludes halogenated alkanes) is 1. The summed E-state index contributed by atoms with van der Waals surface area (Å²) in [6.07, 6.45) is 5.86. The lowest BCUT2D eigenvalue weighted by Gasteiger charge is -2.07. The van der Waals surface area contributed by atoms with Crippen LogP contribution in [0, 0.1) is 0 Å². The number of nitrogens with zero attached hydrogens (tertiary/aromatic N) is 2. The molecule has 1 aromatic heterocycles. The van der Waals surface area contributed by atoms with Crippen LogP contribution >= 0.6 is 0 Å². The summed E-state index contributed by atoms with van der Waals surface area (Å²) in [4.78, 5) is 8.24. The van der Waals surface area contributed by atoms with Gasteiger partial charge in [-0.25, -0.2) is 9.97 Å². The Bertz CT molecular complexity index is 271. The zero-order chi connectivity index (χ0) is 9.68. The highest BCUT2D eigenvalue weighted by Crippen LogP contribution is 2.14. The monoisotopic (exact) mass is 179 g/mol. The highest BCUT2D eigenvalue weighted by molar-refractivity contribution is 5.41. The molecule has 1 heterocycles. The van der Waals surface area contributed by atoms with E-state index in [-0.39, 0.29) is 0 Å². The van der Waals surface area contributed by atoms with E-state index < -0.39 is 0 Å². The second-order valence-electron chi connectivity index (χ2n) is 3.14. The molecule has 72 valence electrons. The van der Waals surface area contributed by atoms with Crippen LogP contribution in [-0.4, -0.2) is 9.97 Å². The maximum atomic E-state index is 5.75. The number of rotatable bonds is 4. The summed E-state index contributed by atoms with van der Waals surface area (Å²) >= 11 is 0. The van der Waals surface area contributed by atoms with E-state index in [1.165, 1.54) is 12.8 Å². The molecular weight excluding hydrogens is 162 g/mol. The van der Waals surface area contributed by atoms with Crippen LogP contribution in [-0.2, 0) is 12.8 Å². The molecule has 0 atom stereocenters. The number of aromatic nitrogens is 2. The topological polar surface area (TPSA) is 51.8 Å². The molecule has 0 aromatic carbocycles. The van der Waals surface area contributed by atoms with Crippen LogP contribution in [0.15, 0.2) is 6.33 Å². The Labute approximate surface area is 79.4 Å². The van der Waals surface area contributed by atoms with Crippen LogP contribution < -0.4 is 5.73 Å². The maximum Gasteiger partial charge on any atom is 0.130 e. The van der Waals surface area contributed by atoms with Crippen molar-refractivity contribution < 1.29 is 0 Å². The largest absolute Gasteiger partial charge is 0.383 e. The molecule has 0 fully saturated rings. The minimum absolute atomic E-state index is 0.642. The van der Waals surface area contributed by atoms with Crippen LogP contribution in [0.2, 0.25) is 0 Å². The summed E-state index contributed by atoms with van der Waals surface area (Å²) < 4.78 is 0. The molecule has 1 aromatic rings. The van der Waals surface area contributed by atoms with Gasteiger partial charge >= 0.3 is 0 Å². The second kappa shape index (κ2) is 4.80. The molecule has 3 nitrogen and oxygen atoms in total. The van der Waals surface area contributed by atoms with Gasteiger partial charge in [0.25, 0.3) is 0 Å². The zero-order valence-electron chi connectivity index (χ0n) is 8.38. The second-order valence-corrected chi connectivity index (χ2v) is 3.14. The Balaban J connectivity index is 2.85. The minimum Gasteiger partial charge on any atom is -0.383 e. The first-order valence-electron chi connectivity index (χ1n) is 4.87. The first-order chi connectivity index (χ1) is 6.29. The van der Waals surface area contributed by atoms with Crippen LogP contribution in [0.25, 0.3) is 0 Å². The van der Waals surface area contributed by atoms with Crippen molar-refractivity contribution in [3.05, 3.63) is 17.6 Å². The molecule has 0 aliphatic carbocycles. The van der Waals surface area contributed by atoms with E-state index in [1.807, 2.05) is 0 Å². The van der Waals surface area contributed by atoms with Crippen LogP contribution in [0.5, 0.6) is 0 Å². The van der Waals surface area contributed by atoms with Crippen LogP contribution in [0.4, 0.5) is 5.82 Å². The normalized spacial score (nSPS) is 10.3. The molecule has 2 N–H and O–H groups in total. The fourth-order valence-electron chi connectivity index (χ4n) is 1.41. The number of nitrogen functional groups attached to an aromatic ring is 1. The first-order valence-corrected chi connectivity index (χ1v) is 4.87. The first kappa shape index (κ1) is 9.96. The molecule has 0 saturated carbocycles. The van der Waals surface area contributed by atoms with Crippen molar-refractivity contribution in [2.24, 2.45) is 0 Å². The fraction of sp³-hybridized carbons (Fsp3) is 0.600. The van der Waals surface area contributed by atoms with Crippen molar-refractivity contribution in [2.75, 3.05) is 5.73 Å². The lowest BCUT2D eigenvalue weighted by molar-refractivity contribution is 0.762. The zero-order valence-corrected chi connectivity index (χ0v) is 8.38. The van der Waals surface area contributed by atoms with Crippen LogP contribution in [0.1, 0.15) is 37.9 Å². The van der Waals surface area contributed by atoms with E-state index in [2.05, 4.69) is 23.8 Å². The predicted molar refractivity (Wildman–Crippen MR) is 54.4 cm³/mol. The molecule has 3 heteroatoms. The molecule has 0 amide bonds. The molecule has 0 radical (unpaired) electrons. The Hall–Kier alpha value is -1.12. The van der Waals surface area contributed by atoms with Crippen molar-refractivity contribution in [2.45, 2.75) is 39.5 Å². The fourth-order valence-corrected chi connectivity index (χ4v) is 1.41. The van der Waals surface area contributed by atoms with Gasteiger partial charge in [-0.1, -0.05) is 20.3 Å². The molecule has 0 aliphatic heterocycles. The molecule has 13 heavy (non-hydrogen) atoms. The van der Waals surface area contributed by atoms with E-state index in [1.54, 1.807) is 6.33 Å². The van der Waals surface area contributed by atoms with Gasteiger partial charge in [-0.3, -0.25) is 0 Å². The van der Waals surface area contributed by atoms with Gasteiger partial charge in [-0.2, -0.15) is 0 Å². The molecule has 0 bridgehead atoms. The number of aryl methyl sites for hydroxylation is 1. The minimum atomic E-state index is 0.642. The van der Waals surface area contributed by atoms with Crippen molar-refractivity contribution in [3.8, 4) is 0 Å². The van der Waals surface area contributed by atoms with Crippen molar-refractivity contribution in [1.29, 1.82) is 0 Å². The molecular formula is C10H17N3. The summed E-state index contributed by atoms with van der Waals surface area (Å²) in [6.45, 7) is 4.26. The number of hydrogen-bond acceptors (Lipinski definition) is 3. The predicted octanol–water partition coefficient (Wildman–Crippen LogP) is 1.96. The van der Waals surface area contributed by atoms with E-state index in [0.29, 0.717) is 5.82 Å². The molecule has 0 saturated heterocycles. The highest BCUT2D eigenvalue weighted by Gasteiger charge is 2.05. The quantitative estimate of drug-likeness (QED) is 0.768. The Morgan fingerprint density at radius 1 is 1.31 bits per heavy atom. The molecule has 0 spiro atoms. The number of anilines is 1. The van der Waals surface area contributed by atoms with E-state index >= 15 is 0 Å². The van der Waals surface area contributed by atoms with Gasteiger partial charge < -0.3 is 5.73 Å². The van der Waals surface area contributed by atoms with Crippen molar-refractivity contribution in [1.82, 2.24) is 9.97 Å². The van der Waals surface area contributed by atoms with Gasteiger partial charge in [-0.15, -0.1) is 0 Å². The Kier molecular flexibility index (Phi) is 3.68. The molecule has 0 unspecified atom stereocenters. The molecule has 0 aliphatic rings. The SMILES string of the molecule is CCCCc1ncnc(N)c1CC. The number of nitrogens with two attached hydrogens (primary N) is 1. The van der Waals surface area contributed by atoms with Gasteiger partial charge in [-0.05, 0) is 19.3 Å². The van der Waals surface area contributed by atoms with Gasteiger partial charge in [0.1, 0.15) is 12.1 Å². The number of hydrogen-bond donors (Lipinski definition) is 1. The van der Waals surface area contributed by atoms with E-state index in [0.717, 1.165) is 24.1 Å². The standard InChI is InChI=1S/C10H17N3/c1-3-5-6-9-8(4-2)10(11)13-7-12-9/h7H,3-6H2,1-2H3,(H2,11,12,13). The van der Waals surface area contributed by atoms with Gasteiger partial charge in [0, 0.05) is 11.3 Å². The summed E-state index contributed by atoms with van der Waals surface area (Å²) in [5.41, 5.74) is 8.00. The lowest BCUT2D eigenvalue weighted by Crippen LogP contribution is -2.04. The smallest absolute Gasteiger partial charge is 0.130 e. The third-order valence-corrected chi connectivity index (χ3v) is 2.19. The maximum absolute atomic E-state index is 5.75. The lowest BCUT2D eigenvalue weighted by atomic mass is 10.1. The summed E-state index contributed by atoms with van der Waals surface area (Å²) in [7, 11) is 0. The summed E-state index contributed by atoms with van der Waals surface area (Å²) in [6, 6.07) is 0. The average molecular weight is 179 g/mol. The van der Waals surface area contributed by atoms with Gasteiger partial charge in [0.05, 0.1) is 0 Å².